The minimum absolute atomic E-state index is 0. The molecule has 2 aromatic heterocycles. The number of hydrogen-bond donors (Lipinski definition) is 1. The lowest BCUT2D eigenvalue weighted by Gasteiger charge is -2.04. The van der Waals surface area contributed by atoms with Crippen molar-refractivity contribution in [1.82, 2.24) is 19.6 Å². The maximum absolute atomic E-state index is 4.31. The lowest BCUT2D eigenvalue weighted by molar-refractivity contribution is 0.532. The Morgan fingerprint density at radius 3 is 2.50 bits per heavy atom. The molecule has 2 aromatic rings. The van der Waals surface area contributed by atoms with Crippen LogP contribution >= 0.6 is 12.4 Å². The van der Waals surface area contributed by atoms with Crippen molar-refractivity contribution in [1.29, 1.82) is 0 Å². The minimum atomic E-state index is 0. The number of hydrogen-bond acceptors (Lipinski definition) is 3. The number of nitrogens with one attached hydrogen (secondary N) is 1. The van der Waals surface area contributed by atoms with E-state index in [9.17, 15) is 0 Å². The molecule has 0 bridgehead atoms. The van der Waals surface area contributed by atoms with Crippen molar-refractivity contribution in [3.63, 3.8) is 0 Å². The largest absolute Gasteiger partial charge is 0.378 e. The molecular formula is C12H20ClN5. The van der Waals surface area contributed by atoms with E-state index >= 15 is 0 Å². The third kappa shape index (κ3) is 3.04. The first-order chi connectivity index (χ1) is 8.08. The van der Waals surface area contributed by atoms with E-state index in [2.05, 4.69) is 35.6 Å². The summed E-state index contributed by atoms with van der Waals surface area (Å²) in [6.07, 6.45) is 5.82. The average Bonchev–Trinajstić information content (AvgIpc) is 2.86. The fraction of sp³-hybridized carbons (Fsp3) is 0.500. The van der Waals surface area contributed by atoms with Crippen molar-refractivity contribution < 1.29 is 0 Å². The van der Waals surface area contributed by atoms with Crippen molar-refractivity contribution in [2.24, 2.45) is 7.05 Å². The van der Waals surface area contributed by atoms with Gasteiger partial charge in [-0.2, -0.15) is 10.2 Å². The van der Waals surface area contributed by atoms with Crippen LogP contribution in [0.5, 0.6) is 0 Å². The molecule has 0 aliphatic rings. The number of aryl methyl sites for hydroxylation is 1. The van der Waals surface area contributed by atoms with E-state index in [-0.39, 0.29) is 12.4 Å². The molecule has 2 heterocycles. The number of rotatable bonds is 4. The van der Waals surface area contributed by atoms with Gasteiger partial charge >= 0.3 is 0 Å². The highest BCUT2D eigenvalue weighted by atomic mass is 35.5. The molecule has 0 saturated carbocycles. The van der Waals surface area contributed by atoms with Crippen molar-refractivity contribution in [3.05, 3.63) is 29.8 Å². The van der Waals surface area contributed by atoms with Crippen LogP contribution in [0.25, 0.3) is 0 Å². The zero-order chi connectivity index (χ0) is 12.4. The predicted octanol–water partition coefficient (Wildman–Crippen LogP) is 2.54. The van der Waals surface area contributed by atoms with Crippen LogP contribution in [-0.4, -0.2) is 19.6 Å². The summed E-state index contributed by atoms with van der Waals surface area (Å²) in [7, 11) is 1.94. The number of nitrogens with zero attached hydrogens (tertiary/aromatic N) is 4. The van der Waals surface area contributed by atoms with Crippen LogP contribution in [0.2, 0.25) is 0 Å². The Hall–Kier alpha value is -1.49. The molecule has 0 atom stereocenters. The molecule has 0 aromatic carbocycles. The lowest BCUT2D eigenvalue weighted by Crippen LogP contribution is -2.02. The third-order valence-corrected chi connectivity index (χ3v) is 2.90. The van der Waals surface area contributed by atoms with Crippen LogP contribution in [-0.2, 0) is 13.6 Å². The first-order valence-corrected chi connectivity index (χ1v) is 5.83. The summed E-state index contributed by atoms with van der Waals surface area (Å²) in [5, 5.41) is 11.9. The standard InChI is InChI=1S/C12H19N5.ClH/c1-9(2)17-8-11(6-15-17)5-13-12-7-14-16(4)10(12)3;/h6-9,13H,5H2,1-4H3;1H. The molecule has 0 amide bonds. The number of aromatic nitrogens is 4. The number of anilines is 1. The smallest absolute Gasteiger partial charge is 0.0758 e. The van der Waals surface area contributed by atoms with E-state index in [0.29, 0.717) is 6.04 Å². The van der Waals surface area contributed by atoms with Gasteiger partial charge in [0.05, 0.1) is 23.8 Å². The van der Waals surface area contributed by atoms with Crippen molar-refractivity contribution in [2.75, 3.05) is 5.32 Å². The average molecular weight is 270 g/mol. The van der Waals surface area contributed by atoms with Crippen LogP contribution in [0.3, 0.4) is 0 Å². The highest BCUT2D eigenvalue weighted by Gasteiger charge is 2.05. The van der Waals surface area contributed by atoms with E-state index in [4.69, 9.17) is 0 Å². The van der Waals surface area contributed by atoms with Gasteiger partial charge in [-0.15, -0.1) is 12.4 Å². The Labute approximate surface area is 114 Å². The minimum Gasteiger partial charge on any atom is -0.378 e. The van der Waals surface area contributed by atoms with Gasteiger partial charge in [-0.1, -0.05) is 0 Å². The van der Waals surface area contributed by atoms with Crippen molar-refractivity contribution in [2.45, 2.75) is 33.4 Å². The second kappa shape index (κ2) is 5.91. The Bertz CT molecular complexity index is 500. The highest BCUT2D eigenvalue weighted by Crippen LogP contribution is 2.14. The van der Waals surface area contributed by atoms with E-state index in [1.54, 1.807) is 0 Å². The summed E-state index contributed by atoms with van der Waals surface area (Å²) in [4.78, 5) is 0. The van der Waals surface area contributed by atoms with Crippen molar-refractivity contribution in [3.8, 4) is 0 Å². The zero-order valence-electron chi connectivity index (χ0n) is 11.2. The topological polar surface area (TPSA) is 47.7 Å². The third-order valence-electron chi connectivity index (χ3n) is 2.90. The second-order valence-electron chi connectivity index (χ2n) is 4.54. The summed E-state index contributed by atoms with van der Waals surface area (Å²) in [6.45, 7) is 7.07. The van der Waals surface area contributed by atoms with Crippen molar-refractivity contribution >= 4 is 18.1 Å². The molecule has 0 fully saturated rings. The monoisotopic (exact) mass is 269 g/mol. The van der Waals surface area contributed by atoms with Crippen LogP contribution < -0.4 is 5.32 Å². The summed E-state index contributed by atoms with van der Waals surface area (Å²) in [6, 6.07) is 0.406. The maximum Gasteiger partial charge on any atom is 0.0758 e. The highest BCUT2D eigenvalue weighted by molar-refractivity contribution is 5.85. The van der Waals surface area contributed by atoms with Gasteiger partial charge in [-0.3, -0.25) is 9.36 Å². The molecule has 2 rings (SSSR count). The molecule has 0 unspecified atom stereocenters. The molecular weight excluding hydrogens is 250 g/mol. The summed E-state index contributed by atoms with van der Waals surface area (Å²) >= 11 is 0. The van der Waals surface area contributed by atoms with E-state index in [1.807, 2.05) is 35.7 Å². The summed E-state index contributed by atoms with van der Waals surface area (Å²) < 4.78 is 3.83. The molecule has 18 heavy (non-hydrogen) atoms. The van der Waals surface area contributed by atoms with Crippen LogP contribution in [0.15, 0.2) is 18.6 Å². The normalized spacial score (nSPS) is 10.5. The first-order valence-electron chi connectivity index (χ1n) is 5.83. The van der Waals surface area contributed by atoms with Gasteiger partial charge in [0.15, 0.2) is 0 Å². The summed E-state index contributed by atoms with van der Waals surface area (Å²) in [5.41, 5.74) is 3.40. The Morgan fingerprint density at radius 1 is 1.28 bits per heavy atom. The van der Waals surface area contributed by atoms with E-state index in [1.165, 1.54) is 5.56 Å². The SMILES string of the molecule is Cc1c(NCc2cnn(C(C)C)c2)cnn1C.Cl. The molecule has 0 radical (unpaired) electrons. The zero-order valence-corrected chi connectivity index (χ0v) is 12.0. The van der Waals surface area contributed by atoms with Gasteiger partial charge in [0.1, 0.15) is 0 Å². The van der Waals surface area contributed by atoms with Gasteiger partial charge in [0.2, 0.25) is 0 Å². The first kappa shape index (κ1) is 14.6. The molecule has 0 saturated heterocycles. The second-order valence-corrected chi connectivity index (χ2v) is 4.54. The fourth-order valence-corrected chi connectivity index (χ4v) is 1.62. The molecule has 0 aliphatic heterocycles. The quantitative estimate of drug-likeness (QED) is 0.928. The molecule has 100 valence electrons. The van der Waals surface area contributed by atoms with Crippen LogP contribution in [0.1, 0.15) is 31.1 Å². The van der Waals surface area contributed by atoms with E-state index in [0.717, 1.165) is 17.9 Å². The van der Waals surface area contributed by atoms with E-state index < -0.39 is 0 Å². The molecule has 6 heteroatoms. The predicted molar refractivity (Wildman–Crippen MR) is 75.1 cm³/mol. The Kier molecular flexibility index (Phi) is 4.78. The van der Waals surface area contributed by atoms with Crippen LogP contribution in [0, 0.1) is 6.92 Å². The van der Waals surface area contributed by atoms with Crippen LogP contribution in [0.4, 0.5) is 5.69 Å². The fourth-order valence-electron chi connectivity index (χ4n) is 1.62. The maximum atomic E-state index is 4.31. The van der Waals surface area contributed by atoms with Gasteiger partial charge in [0, 0.05) is 31.4 Å². The van der Waals surface area contributed by atoms with Gasteiger partial charge in [-0.05, 0) is 20.8 Å². The van der Waals surface area contributed by atoms with Gasteiger partial charge in [-0.25, -0.2) is 0 Å². The molecule has 0 spiro atoms. The molecule has 0 aliphatic carbocycles. The lowest BCUT2D eigenvalue weighted by atomic mass is 10.3. The van der Waals surface area contributed by atoms with Gasteiger partial charge < -0.3 is 5.32 Å². The number of halogens is 1. The molecule has 1 N–H and O–H groups in total. The Balaban J connectivity index is 0.00000162. The molecule has 5 nitrogen and oxygen atoms in total. The Morgan fingerprint density at radius 2 is 2.00 bits per heavy atom. The van der Waals surface area contributed by atoms with Gasteiger partial charge in [0.25, 0.3) is 0 Å². The summed E-state index contributed by atoms with van der Waals surface area (Å²) in [5.74, 6) is 0.